The van der Waals surface area contributed by atoms with E-state index in [1.807, 2.05) is 24.3 Å². The number of carbonyl (C=O) groups is 1. The Morgan fingerprint density at radius 2 is 2.00 bits per heavy atom. The van der Waals surface area contributed by atoms with E-state index in [9.17, 15) is 9.90 Å². The van der Waals surface area contributed by atoms with Crippen molar-refractivity contribution in [2.45, 2.75) is 25.9 Å². The van der Waals surface area contributed by atoms with Crippen LogP contribution in [0.4, 0.5) is 0 Å². The van der Waals surface area contributed by atoms with Gasteiger partial charge in [-0.15, -0.1) is 0 Å². The van der Waals surface area contributed by atoms with Gasteiger partial charge in [0.2, 0.25) is 0 Å². The maximum absolute atomic E-state index is 12.1. The SMILES string of the molecule is C=C1c2ccccc2C(=O)N1CCCC(C)O. The van der Waals surface area contributed by atoms with Gasteiger partial charge in [0.05, 0.1) is 6.10 Å². The van der Waals surface area contributed by atoms with Crippen molar-refractivity contribution in [3.8, 4) is 0 Å². The second-order valence-electron chi connectivity index (χ2n) is 4.44. The van der Waals surface area contributed by atoms with E-state index in [1.165, 1.54) is 0 Å². The molecule has 1 unspecified atom stereocenters. The van der Waals surface area contributed by atoms with E-state index in [4.69, 9.17) is 0 Å². The van der Waals surface area contributed by atoms with Gasteiger partial charge >= 0.3 is 0 Å². The van der Waals surface area contributed by atoms with Crippen LogP contribution in [0.5, 0.6) is 0 Å². The zero-order valence-corrected chi connectivity index (χ0v) is 10.0. The second kappa shape index (κ2) is 4.72. The number of fused-ring (bicyclic) bond motifs is 1. The Balaban J connectivity index is 2.08. The Morgan fingerprint density at radius 1 is 1.35 bits per heavy atom. The molecule has 1 heterocycles. The van der Waals surface area contributed by atoms with Crippen LogP contribution in [-0.4, -0.2) is 28.6 Å². The summed E-state index contributed by atoms with van der Waals surface area (Å²) in [5.74, 6) is 0.0243. The molecule has 17 heavy (non-hydrogen) atoms. The van der Waals surface area contributed by atoms with Crippen LogP contribution in [0.3, 0.4) is 0 Å². The van der Waals surface area contributed by atoms with Crippen LogP contribution >= 0.6 is 0 Å². The first-order valence-electron chi connectivity index (χ1n) is 5.89. The van der Waals surface area contributed by atoms with Crippen LogP contribution in [0.15, 0.2) is 30.8 Å². The Labute approximate surface area is 101 Å². The van der Waals surface area contributed by atoms with Gasteiger partial charge in [0.15, 0.2) is 0 Å². The number of benzene rings is 1. The van der Waals surface area contributed by atoms with Crippen LogP contribution in [-0.2, 0) is 0 Å². The summed E-state index contributed by atoms with van der Waals surface area (Å²) in [5.41, 5.74) is 2.43. The smallest absolute Gasteiger partial charge is 0.258 e. The van der Waals surface area contributed by atoms with Gasteiger partial charge in [-0.3, -0.25) is 4.79 Å². The van der Waals surface area contributed by atoms with E-state index in [0.717, 1.165) is 23.2 Å². The van der Waals surface area contributed by atoms with Crippen LogP contribution < -0.4 is 0 Å². The van der Waals surface area contributed by atoms with Crippen molar-refractivity contribution in [2.24, 2.45) is 0 Å². The van der Waals surface area contributed by atoms with Crippen molar-refractivity contribution < 1.29 is 9.90 Å². The minimum Gasteiger partial charge on any atom is -0.393 e. The highest BCUT2D eigenvalue weighted by atomic mass is 16.3. The molecule has 1 aromatic rings. The largest absolute Gasteiger partial charge is 0.393 e. The van der Waals surface area contributed by atoms with Crippen molar-refractivity contribution in [3.63, 3.8) is 0 Å². The van der Waals surface area contributed by atoms with Crippen LogP contribution in [0.1, 0.15) is 35.7 Å². The topological polar surface area (TPSA) is 40.5 Å². The second-order valence-corrected chi connectivity index (χ2v) is 4.44. The minimum absolute atomic E-state index is 0.0243. The average Bonchev–Trinajstić information content (AvgIpc) is 2.54. The number of hydrogen-bond acceptors (Lipinski definition) is 2. The van der Waals surface area contributed by atoms with E-state index in [1.54, 1.807) is 11.8 Å². The van der Waals surface area contributed by atoms with Gasteiger partial charge in [0, 0.05) is 23.4 Å². The van der Waals surface area contributed by atoms with E-state index in [0.29, 0.717) is 13.0 Å². The Bertz CT molecular complexity index is 416. The van der Waals surface area contributed by atoms with Gasteiger partial charge in [-0.25, -0.2) is 0 Å². The summed E-state index contributed by atoms with van der Waals surface area (Å²) < 4.78 is 0. The molecule has 3 nitrogen and oxygen atoms in total. The summed E-state index contributed by atoms with van der Waals surface area (Å²) in [6.45, 7) is 6.35. The fraction of sp³-hybridized carbons (Fsp3) is 0.357. The van der Waals surface area contributed by atoms with Gasteiger partial charge in [-0.1, -0.05) is 24.8 Å². The lowest BCUT2D eigenvalue weighted by atomic mass is 10.1. The number of carbonyl (C=O) groups excluding carboxylic acids is 1. The molecule has 1 aliphatic heterocycles. The van der Waals surface area contributed by atoms with Gasteiger partial charge in [0.25, 0.3) is 5.91 Å². The number of nitrogens with zero attached hydrogens (tertiary/aromatic N) is 1. The molecule has 0 radical (unpaired) electrons. The first-order valence-corrected chi connectivity index (χ1v) is 5.89. The van der Waals surface area contributed by atoms with Crippen molar-refractivity contribution in [1.82, 2.24) is 4.90 Å². The summed E-state index contributed by atoms with van der Waals surface area (Å²) >= 11 is 0. The number of aliphatic hydroxyl groups excluding tert-OH is 1. The zero-order chi connectivity index (χ0) is 12.4. The maximum Gasteiger partial charge on any atom is 0.258 e. The molecule has 2 rings (SSSR count). The van der Waals surface area contributed by atoms with Gasteiger partial charge < -0.3 is 10.0 Å². The van der Waals surface area contributed by atoms with Gasteiger partial charge in [-0.05, 0) is 25.8 Å². The molecular formula is C14H17NO2. The van der Waals surface area contributed by atoms with E-state index >= 15 is 0 Å². The van der Waals surface area contributed by atoms with Gasteiger partial charge in [-0.2, -0.15) is 0 Å². The lowest BCUT2D eigenvalue weighted by Crippen LogP contribution is -2.24. The molecule has 90 valence electrons. The quantitative estimate of drug-likeness (QED) is 0.863. The number of aliphatic hydroxyl groups is 1. The Hall–Kier alpha value is -1.61. The third kappa shape index (κ3) is 2.24. The Morgan fingerprint density at radius 3 is 2.59 bits per heavy atom. The highest BCUT2D eigenvalue weighted by Gasteiger charge is 2.29. The number of rotatable bonds is 4. The summed E-state index contributed by atoms with van der Waals surface area (Å²) in [4.78, 5) is 13.8. The normalized spacial score (nSPS) is 16.2. The molecule has 0 bridgehead atoms. The van der Waals surface area contributed by atoms with Crippen molar-refractivity contribution in [1.29, 1.82) is 0 Å². The predicted molar refractivity (Wildman–Crippen MR) is 67.4 cm³/mol. The maximum atomic E-state index is 12.1. The molecule has 3 heteroatoms. The first kappa shape index (κ1) is 11.9. The van der Waals surface area contributed by atoms with Crippen LogP contribution in [0, 0.1) is 0 Å². The first-order chi connectivity index (χ1) is 8.11. The van der Waals surface area contributed by atoms with Gasteiger partial charge in [0.1, 0.15) is 0 Å². The molecule has 0 fully saturated rings. The predicted octanol–water partition coefficient (Wildman–Crippen LogP) is 2.27. The Kier molecular flexibility index (Phi) is 3.29. The molecule has 0 saturated carbocycles. The molecular weight excluding hydrogens is 214 g/mol. The van der Waals surface area contributed by atoms with Crippen LogP contribution in [0.2, 0.25) is 0 Å². The molecule has 1 amide bonds. The summed E-state index contributed by atoms with van der Waals surface area (Å²) in [7, 11) is 0. The lowest BCUT2D eigenvalue weighted by molar-refractivity contribution is 0.0842. The molecule has 0 aromatic heterocycles. The fourth-order valence-corrected chi connectivity index (χ4v) is 2.12. The molecule has 1 N–H and O–H groups in total. The fourth-order valence-electron chi connectivity index (χ4n) is 2.12. The third-order valence-electron chi connectivity index (χ3n) is 3.04. The van der Waals surface area contributed by atoms with E-state index in [-0.39, 0.29) is 12.0 Å². The molecule has 0 spiro atoms. The summed E-state index contributed by atoms with van der Waals surface area (Å²) in [6.07, 6.45) is 1.17. The average molecular weight is 231 g/mol. The number of amides is 1. The summed E-state index contributed by atoms with van der Waals surface area (Å²) in [5, 5.41) is 9.21. The third-order valence-corrected chi connectivity index (χ3v) is 3.04. The van der Waals surface area contributed by atoms with Crippen molar-refractivity contribution >= 4 is 11.6 Å². The highest BCUT2D eigenvalue weighted by Crippen LogP contribution is 2.31. The van der Waals surface area contributed by atoms with E-state index < -0.39 is 0 Å². The van der Waals surface area contributed by atoms with Crippen molar-refractivity contribution in [3.05, 3.63) is 42.0 Å². The molecule has 0 aliphatic carbocycles. The summed E-state index contributed by atoms with van der Waals surface area (Å²) in [6, 6.07) is 7.53. The molecule has 1 aliphatic rings. The monoisotopic (exact) mass is 231 g/mol. The van der Waals surface area contributed by atoms with Crippen LogP contribution in [0.25, 0.3) is 5.70 Å². The van der Waals surface area contributed by atoms with E-state index in [2.05, 4.69) is 6.58 Å². The molecule has 1 aromatic carbocycles. The van der Waals surface area contributed by atoms with Crippen molar-refractivity contribution in [2.75, 3.05) is 6.54 Å². The molecule has 0 saturated heterocycles. The highest BCUT2D eigenvalue weighted by molar-refractivity contribution is 6.08. The number of hydrogen-bond donors (Lipinski definition) is 1. The molecule has 1 atom stereocenters. The zero-order valence-electron chi connectivity index (χ0n) is 10.0. The minimum atomic E-state index is -0.316. The lowest BCUT2D eigenvalue weighted by Gasteiger charge is -2.17. The standard InChI is InChI=1S/C14H17NO2/c1-10(16)6-5-9-15-11(2)12-7-3-4-8-13(12)14(15)17/h3-4,7-8,10,16H,2,5-6,9H2,1H3.